The minimum absolute atomic E-state index is 0.0706. The lowest BCUT2D eigenvalue weighted by Crippen LogP contribution is -2.43. The Hall–Kier alpha value is -3.83. The van der Waals surface area contributed by atoms with Gasteiger partial charge < -0.3 is 24.3 Å². The number of nitrogens with zero attached hydrogens (tertiary/aromatic N) is 3. The minimum Gasteiger partial charge on any atom is -0.508 e. The second-order valence-corrected chi connectivity index (χ2v) is 12.4. The topological polar surface area (TPSA) is 110 Å². The van der Waals surface area contributed by atoms with Gasteiger partial charge in [-0.3, -0.25) is 4.90 Å². The number of phenolic OH excluding ortho intramolecular Hbond substituents is 1. The fourth-order valence-corrected chi connectivity index (χ4v) is 7.30. The summed E-state index contributed by atoms with van der Waals surface area (Å²) in [6, 6.07) is 7.47. The van der Waals surface area contributed by atoms with Crippen molar-refractivity contribution in [3.8, 4) is 23.1 Å². The molecule has 2 aromatic heterocycles. The minimum atomic E-state index is -0.897. The summed E-state index contributed by atoms with van der Waals surface area (Å²) in [6.45, 7) is 5.26. The molecule has 0 unspecified atom stereocenters. The highest BCUT2D eigenvalue weighted by atomic mass is 19.1. The molecule has 5 heterocycles. The van der Waals surface area contributed by atoms with Gasteiger partial charge in [-0.05, 0) is 75.1 Å². The van der Waals surface area contributed by atoms with Crippen LogP contribution in [0.2, 0.25) is 0 Å². The van der Waals surface area contributed by atoms with Crippen molar-refractivity contribution in [2.45, 2.75) is 57.2 Å². The zero-order valence-corrected chi connectivity index (χ0v) is 24.7. The lowest BCUT2D eigenvalue weighted by Gasteiger charge is -2.30. The van der Waals surface area contributed by atoms with Crippen LogP contribution in [0.3, 0.4) is 0 Å². The predicted molar refractivity (Wildman–Crippen MR) is 163 cm³/mol. The molecule has 0 saturated carbocycles. The first kappa shape index (κ1) is 28.9. The zero-order valence-electron chi connectivity index (χ0n) is 24.7. The van der Waals surface area contributed by atoms with E-state index in [-0.39, 0.29) is 40.5 Å². The standard InChI is InChI=1S/C33H36F2N4O5/c1-19-28-27(31(41)44-29(19)24-15-23(40)14-21-4-2-5-25(35)26(21)24)30(36-10-6-20-7-12-42-13-8-20)38-32(37-28)43-18-33-9-3-11-39(33)17-22(34)16-33/h2,4-5,14-15,20,22,40H,3,6-13,16-18H2,1H3,(H,36,37,38)/t22-,33+/m1/s1. The number of nitrogens with one attached hydrogen (secondary N) is 1. The summed E-state index contributed by atoms with van der Waals surface area (Å²) in [7, 11) is 0. The molecule has 2 aromatic carbocycles. The second kappa shape index (κ2) is 11.6. The van der Waals surface area contributed by atoms with E-state index < -0.39 is 23.2 Å². The van der Waals surface area contributed by atoms with Crippen LogP contribution < -0.4 is 15.7 Å². The van der Waals surface area contributed by atoms with E-state index in [0.29, 0.717) is 47.7 Å². The van der Waals surface area contributed by atoms with Gasteiger partial charge in [0.05, 0.1) is 11.1 Å². The zero-order chi connectivity index (χ0) is 30.4. The summed E-state index contributed by atoms with van der Waals surface area (Å²) < 4.78 is 47.1. The van der Waals surface area contributed by atoms with Crippen molar-refractivity contribution in [3.05, 3.63) is 52.1 Å². The molecule has 0 bridgehead atoms. The van der Waals surface area contributed by atoms with E-state index in [2.05, 4.69) is 20.2 Å². The Labute approximate surface area is 253 Å². The van der Waals surface area contributed by atoms with E-state index in [9.17, 15) is 14.3 Å². The van der Waals surface area contributed by atoms with Crippen molar-refractivity contribution < 1.29 is 27.8 Å². The number of halogens is 2. The molecule has 7 rings (SSSR count). The van der Waals surface area contributed by atoms with Gasteiger partial charge in [-0.1, -0.05) is 12.1 Å². The molecular weight excluding hydrogens is 570 g/mol. The maximum Gasteiger partial charge on any atom is 0.349 e. The molecule has 11 heteroatoms. The molecule has 3 aliphatic heterocycles. The van der Waals surface area contributed by atoms with Crippen LogP contribution in [0.1, 0.15) is 44.1 Å². The molecule has 3 saturated heterocycles. The summed E-state index contributed by atoms with van der Waals surface area (Å²) in [4.78, 5) is 25.1. The summed E-state index contributed by atoms with van der Waals surface area (Å²) in [6.07, 6.45) is 4.15. The number of ether oxygens (including phenoxy) is 2. The molecule has 0 aliphatic carbocycles. The van der Waals surface area contributed by atoms with Gasteiger partial charge in [0.15, 0.2) is 0 Å². The second-order valence-electron chi connectivity index (χ2n) is 12.4. The van der Waals surface area contributed by atoms with Crippen LogP contribution in [0.15, 0.2) is 39.5 Å². The largest absolute Gasteiger partial charge is 0.508 e. The number of alkyl halides is 1. The normalized spacial score (nSPS) is 22.6. The van der Waals surface area contributed by atoms with Gasteiger partial charge in [-0.2, -0.15) is 9.97 Å². The average Bonchev–Trinajstić information content (AvgIpc) is 3.53. The van der Waals surface area contributed by atoms with Crippen LogP contribution in [0.5, 0.6) is 11.8 Å². The first-order valence-corrected chi connectivity index (χ1v) is 15.4. The van der Waals surface area contributed by atoms with E-state index >= 15 is 4.39 Å². The molecule has 4 aromatic rings. The molecule has 2 atom stereocenters. The van der Waals surface area contributed by atoms with Gasteiger partial charge in [-0.25, -0.2) is 13.6 Å². The van der Waals surface area contributed by atoms with E-state index in [1.807, 2.05) is 0 Å². The Bertz CT molecular complexity index is 1780. The van der Waals surface area contributed by atoms with E-state index in [4.69, 9.17) is 13.9 Å². The Morgan fingerprint density at radius 2 is 2.05 bits per heavy atom. The number of hydrogen-bond acceptors (Lipinski definition) is 9. The quantitative estimate of drug-likeness (QED) is 0.260. The fourth-order valence-electron chi connectivity index (χ4n) is 7.30. The molecule has 3 fully saturated rings. The van der Waals surface area contributed by atoms with Crippen molar-refractivity contribution in [3.63, 3.8) is 0 Å². The SMILES string of the molecule is Cc1c(-c2cc(O)cc3cccc(F)c23)oc(=O)c2c(NCCC3CCOCC3)nc(OC[C@@]34CCCN3C[C@H](F)C4)nc12. The highest BCUT2D eigenvalue weighted by molar-refractivity contribution is 6.00. The van der Waals surface area contributed by atoms with Crippen molar-refractivity contribution in [1.82, 2.24) is 14.9 Å². The van der Waals surface area contributed by atoms with E-state index in [1.54, 1.807) is 19.1 Å². The van der Waals surface area contributed by atoms with Crippen LogP contribution >= 0.6 is 0 Å². The fraction of sp³-hybridized carbons (Fsp3) is 0.485. The first-order valence-electron chi connectivity index (χ1n) is 15.4. The Morgan fingerprint density at radius 3 is 2.89 bits per heavy atom. The molecular formula is C33H36F2N4O5. The number of hydrogen-bond donors (Lipinski definition) is 2. The Balaban J connectivity index is 1.30. The molecule has 3 aliphatic rings. The molecule has 44 heavy (non-hydrogen) atoms. The van der Waals surface area contributed by atoms with Crippen molar-refractivity contribution in [2.75, 3.05) is 44.8 Å². The summed E-state index contributed by atoms with van der Waals surface area (Å²) >= 11 is 0. The summed E-state index contributed by atoms with van der Waals surface area (Å²) in [5, 5.41) is 14.6. The predicted octanol–water partition coefficient (Wildman–Crippen LogP) is 5.74. The lowest BCUT2D eigenvalue weighted by atomic mass is 9.95. The number of aromatic nitrogens is 2. The first-order chi connectivity index (χ1) is 21.3. The molecule has 2 N–H and O–H groups in total. The maximum atomic E-state index is 15.1. The molecule has 0 radical (unpaired) electrons. The van der Waals surface area contributed by atoms with Crippen LogP contribution in [0.25, 0.3) is 33.0 Å². The van der Waals surface area contributed by atoms with Crippen molar-refractivity contribution in [2.24, 2.45) is 5.92 Å². The van der Waals surface area contributed by atoms with Crippen LogP contribution in [-0.2, 0) is 4.74 Å². The molecule has 232 valence electrons. The molecule has 0 amide bonds. The highest BCUT2D eigenvalue weighted by Gasteiger charge is 2.49. The monoisotopic (exact) mass is 606 g/mol. The highest BCUT2D eigenvalue weighted by Crippen LogP contribution is 2.41. The number of phenols is 1. The van der Waals surface area contributed by atoms with Gasteiger partial charge in [-0.15, -0.1) is 0 Å². The van der Waals surface area contributed by atoms with Gasteiger partial charge in [0, 0.05) is 49.2 Å². The third kappa shape index (κ3) is 5.26. The summed E-state index contributed by atoms with van der Waals surface area (Å²) in [5.74, 6) is 0.295. The average molecular weight is 607 g/mol. The molecule has 9 nitrogen and oxygen atoms in total. The Morgan fingerprint density at radius 1 is 1.20 bits per heavy atom. The number of aryl methyl sites for hydroxylation is 1. The lowest BCUT2D eigenvalue weighted by molar-refractivity contribution is 0.0649. The van der Waals surface area contributed by atoms with Crippen LogP contribution in [-0.4, -0.2) is 71.1 Å². The Kier molecular flexibility index (Phi) is 7.62. The van der Waals surface area contributed by atoms with Crippen LogP contribution in [0.4, 0.5) is 14.6 Å². The molecule has 0 spiro atoms. The smallest absolute Gasteiger partial charge is 0.349 e. The third-order valence-electron chi connectivity index (χ3n) is 9.56. The van der Waals surface area contributed by atoms with Gasteiger partial charge in [0.25, 0.3) is 0 Å². The van der Waals surface area contributed by atoms with Crippen LogP contribution in [0, 0.1) is 18.7 Å². The third-order valence-corrected chi connectivity index (χ3v) is 9.56. The number of rotatable bonds is 8. The van der Waals surface area contributed by atoms with Crippen molar-refractivity contribution in [1.29, 1.82) is 0 Å². The van der Waals surface area contributed by atoms with E-state index in [1.165, 1.54) is 18.2 Å². The summed E-state index contributed by atoms with van der Waals surface area (Å²) in [5.41, 5.74) is -0.0733. The van der Waals surface area contributed by atoms with Gasteiger partial charge >= 0.3 is 11.6 Å². The maximum absolute atomic E-state index is 15.1. The number of aromatic hydroxyl groups is 1. The van der Waals surface area contributed by atoms with E-state index in [0.717, 1.165) is 51.9 Å². The number of anilines is 1. The van der Waals surface area contributed by atoms with Gasteiger partial charge in [0.2, 0.25) is 0 Å². The van der Waals surface area contributed by atoms with Crippen molar-refractivity contribution >= 4 is 27.5 Å². The number of benzene rings is 2. The van der Waals surface area contributed by atoms with Gasteiger partial charge in [0.1, 0.15) is 41.3 Å². The number of fused-ring (bicyclic) bond motifs is 3.